The lowest BCUT2D eigenvalue weighted by atomic mass is 10.2. The number of nitrogens with one attached hydrogen (secondary N) is 1. The van der Waals surface area contributed by atoms with E-state index in [1.54, 1.807) is 18.3 Å². The Morgan fingerprint density at radius 2 is 2.14 bits per heavy atom. The molecule has 5 nitrogen and oxygen atoms in total. The summed E-state index contributed by atoms with van der Waals surface area (Å²) < 4.78 is 17.3. The summed E-state index contributed by atoms with van der Waals surface area (Å²) in [6.45, 7) is -0.666. The average molecular weight is 317 g/mol. The van der Waals surface area contributed by atoms with Crippen LogP contribution in [0.2, 0.25) is 5.02 Å². The highest BCUT2D eigenvalue weighted by molar-refractivity contribution is 6.31. The van der Waals surface area contributed by atoms with E-state index >= 15 is 0 Å². The minimum Gasteiger partial charge on any atom is -0.358 e. The maximum Gasteiger partial charge on any atom is 0.167 e. The molecule has 4 rings (SSSR count). The highest BCUT2D eigenvalue weighted by Crippen LogP contribution is 2.25. The first kappa shape index (κ1) is 13.2. The summed E-state index contributed by atoms with van der Waals surface area (Å²) >= 11 is 6.05. The van der Waals surface area contributed by atoms with E-state index in [0.717, 1.165) is 21.9 Å². The van der Waals surface area contributed by atoms with Gasteiger partial charge in [0.1, 0.15) is 18.0 Å². The van der Waals surface area contributed by atoms with E-state index < -0.39 is 6.67 Å². The van der Waals surface area contributed by atoms with Crippen LogP contribution < -0.4 is 0 Å². The maximum atomic E-state index is 12.5. The number of imidazole rings is 1. The molecule has 0 fully saturated rings. The molecule has 3 heterocycles. The Labute approximate surface area is 129 Å². The molecule has 0 unspecified atom stereocenters. The van der Waals surface area contributed by atoms with Crippen LogP contribution in [0.5, 0.6) is 0 Å². The molecule has 0 atom stereocenters. The first-order chi connectivity index (χ1) is 10.7. The molecule has 1 N–H and O–H groups in total. The lowest BCUT2D eigenvalue weighted by Crippen LogP contribution is -1.90. The van der Waals surface area contributed by atoms with Crippen LogP contribution >= 0.6 is 11.6 Å². The molecule has 0 aliphatic heterocycles. The molecule has 0 radical (unpaired) electrons. The predicted octanol–water partition coefficient (Wildman–Crippen LogP) is 3.81. The molecule has 1 aromatic carbocycles. The zero-order valence-corrected chi connectivity index (χ0v) is 12.1. The molecule has 0 amide bonds. The lowest BCUT2D eigenvalue weighted by molar-refractivity contribution is 0.327. The van der Waals surface area contributed by atoms with Gasteiger partial charge in [0.2, 0.25) is 0 Å². The Balaban J connectivity index is 1.79. The van der Waals surface area contributed by atoms with Crippen molar-refractivity contribution < 1.29 is 8.91 Å². The van der Waals surface area contributed by atoms with E-state index in [2.05, 4.69) is 20.1 Å². The predicted molar refractivity (Wildman–Crippen MR) is 80.5 cm³/mol. The van der Waals surface area contributed by atoms with Crippen molar-refractivity contribution in [2.24, 2.45) is 0 Å². The summed E-state index contributed by atoms with van der Waals surface area (Å²) in [6, 6.07) is 7.10. The number of aromatic nitrogens is 4. The quantitative estimate of drug-likeness (QED) is 0.624. The van der Waals surface area contributed by atoms with Crippen LogP contribution in [0.1, 0.15) is 17.3 Å². The van der Waals surface area contributed by atoms with Gasteiger partial charge >= 0.3 is 0 Å². The minimum atomic E-state index is -0.666. The zero-order chi connectivity index (χ0) is 15.1. The van der Waals surface area contributed by atoms with E-state index in [9.17, 15) is 4.39 Å². The number of fused-ring (bicyclic) bond motifs is 3. The fraction of sp³-hybridized carbons (Fsp3) is 0.133. The van der Waals surface area contributed by atoms with Crippen LogP contribution in [0.25, 0.3) is 21.9 Å². The van der Waals surface area contributed by atoms with Gasteiger partial charge in [0.05, 0.1) is 29.3 Å². The smallest absolute Gasteiger partial charge is 0.167 e. The van der Waals surface area contributed by atoms with Crippen molar-refractivity contribution >= 4 is 33.5 Å². The first-order valence-corrected chi connectivity index (χ1v) is 7.04. The standard InChI is InChI=1S/C15H10ClFN4O/c16-8-1-2-12-11(3-8)15-13(7-18-12)19-14(20-15)5-9-4-10(6-17)22-21-9/h1-4,7H,5-6H2,(H,19,20). The first-order valence-electron chi connectivity index (χ1n) is 6.66. The molecule has 0 aliphatic carbocycles. The molecule has 3 aromatic heterocycles. The summed E-state index contributed by atoms with van der Waals surface area (Å²) in [7, 11) is 0. The van der Waals surface area contributed by atoms with E-state index in [1.165, 1.54) is 0 Å². The van der Waals surface area contributed by atoms with Gasteiger partial charge in [-0.3, -0.25) is 4.98 Å². The number of benzene rings is 1. The van der Waals surface area contributed by atoms with Crippen LogP contribution in [0, 0.1) is 0 Å². The molecule has 0 spiro atoms. The summed E-state index contributed by atoms with van der Waals surface area (Å²) in [5.41, 5.74) is 3.09. The van der Waals surface area contributed by atoms with Crippen LogP contribution in [0.15, 0.2) is 35.0 Å². The number of alkyl halides is 1. The highest BCUT2D eigenvalue weighted by atomic mass is 35.5. The number of H-pyrrole nitrogens is 1. The number of halogens is 2. The molecule has 0 aliphatic rings. The summed E-state index contributed by atoms with van der Waals surface area (Å²) in [5.74, 6) is 0.924. The van der Waals surface area contributed by atoms with Gasteiger partial charge in [-0.05, 0) is 18.2 Å². The second kappa shape index (κ2) is 5.06. The molecule has 0 bridgehead atoms. The van der Waals surface area contributed by atoms with Crippen molar-refractivity contribution in [3.8, 4) is 0 Å². The van der Waals surface area contributed by atoms with Gasteiger partial charge < -0.3 is 9.51 Å². The minimum absolute atomic E-state index is 0.213. The molecule has 4 aromatic rings. The number of nitrogens with zero attached hydrogens (tertiary/aromatic N) is 3. The normalized spacial score (nSPS) is 11.5. The van der Waals surface area contributed by atoms with Gasteiger partial charge in [-0.25, -0.2) is 9.37 Å². The third-order valence-corrected chi connectivity index (χ3v) is 3.66. The van der Waals surface area contributed by atoms with Crippen molar-refractivity contribution in [3.63, 3.8) is 0 Å². The summed E-state index contributed by atoms with van der Waals surface area (Å²) in [5, 5.41) is 5.37. The van der Waals surface area contributed by atoms with Crippen LogP contribution in [-0.4, -0.2) is 20.1 Å². The Hall–Kier alpha value is -2.47. The fourth-order valence-electron chi connectivity index (χ4n) is 2.45. The third kappa shape index (κ3) is 2.21. The van der Waals surface area contributed by atoms with E-state index in [-0.39, 0.29) is 5.76 Å². The average Bonchev–Trinajstić information content (AvgIpc) is 3.13. The van der Waals surface area contributed by atoms with Crippen molar-refractivity contribution in [2.75, 3.05) is 0 Å². The second-order valence-electron chi connectivity index (χ2n) is 4.96. The molecule has 0 saturated carbocycles. The Kier molecular flexibility index (Phi) is 3.04. The van der Waals surface area contributed by atoms with Crippen molar-refractivity contribution in [1.82, 2.24) is 20.1 Å². The summed E-state index contributed by atoms with van der Waals surface area (Å²) in [6.07, 6.45) is 2.14. The Morgan fingerprint density at radius 1 is 1.23 bits per heavy atom. The largest absolute Gasteiger partial charge is 0.358 e. The molecule has 110 valence electrons. The van der Waals surface area contributed by atoms with Crippen molar-refractivity contribution in [3.05, 3.63) is 52.8 Å². The number of aromatic amines is 1. The van der Waals surface area contributed by atoms with E-state index in [4.69, 9.17) is 16.1 Å². The molecule has 22 heavy (non-hydrogen) atoms. The van der Waals surface area contributed by atoms with Gasteiger partial charge in [0, 0.05) is 16.5 Å². The van der Waals surface area contributed by atoms with Gasteiger partial charge in [-0.1, -0.05) is 16.8 Å². The zero-order valence-electron chi connectivity index (χ0n) is 11.3. The second-order valence-corrected chi connectivity index (χ2v) is 5.39. The lowest BCUT2D eigenvalue weighted by Gasteiger charge is -1.98. The van der Waals surface area contributed by atoms with Crippen LogP contribution in [0.3, 0.4) is 0 Å². The molecule has 7 heteroatoms. The Morgan fingerprint density at radius 3 is 2.95 bits per heavy atom. The fourth-order valence-corrected chi connectivity index (χ4v) is 2.62. The van der Waals surface area contributed by atoms with Crippen molar-refractivity contribution in [2.45, 2.75) is 13.1 Å². The van der Waals surface area contributed by atoms with Gasteiger partial charge in [-0.2, -0.15) is 0 Å². The molecular formula is C15H10ClFN4O. The van der Waals surface area contributed by atoms with Crippen LogP contribution in [0.4, 0.5) is 4.39 Å². The maximum absolute atomic E-state index is 12.5. The number of pyridine rings is 1. The third-order valence-electron chi connectivity index (χ3n) is 3.42. The van der Waals surface area contributed by atoms with Gasteiger partial charge in [0.25, 0.3) is 0 Å². The number of hydrogen-bond donors (Lipinski definition) is 1. The van der Waals surface area contributed by atoms with E-state index in [0.29, 0.717) is 23.0 Å². The van der Waals surface area contributed by atoms with Gasteiger partial charge in [0.15, 0.2) is 5.76 Å². The van der Waals surface area contributed by atoms with Crippen LogP contribution in [-0.2, 0) is 13.1 Å². The van der Waals surface area contributed by atoms with E-state index in [1.807, 2.05) is 12.1 Å². The molecule has 0 saturated heterocycles. The van der Waals surface area contributed by atoms with Gasteiger partial charge in [-0.15, -0.1) is 0 Å². The number of rotatable bonds is 3. The topological polar surface area (TPSA) is 67.6 Å². The SMILES string of the molecule is FCc1cc(Cc2nc3cnc4ccc(Cl)cc4c3[nH]2)no1. The van der Waals surface area contributed by atoms with Crippen molar-refractivity contribution in [1.29, 1.82) is 0 Å². The number of hydrogen-bond acceptors (Lipinski definition) is 4. The summed E-state index contributed by atoms with van der Waals surface area (Å²) in [4.78, 5) is 12.1. The highest BCUT2D eigenvalue weighted by Gasteiger charge is 2.11. The monoisotopic (exact) mass is 316 g/mol. The molecular weight excluding hydrogens is 307 g/mol. The Bertz CT molecular complexity index is 978.